The maximum Gasteiger partial charge on any atom is 0.227 e. The number of nitrogens with zero attached hydrogens (tertiary/aromatic N) is 2. The molecule has 7 heteroatoms. The van der Waals surface area contributed by atoms with Crippen LogP contribution in [0.4, 0.5) is 0 Å². The van der Waals surface area contributed by atoms with Crippen LogP contribution in [0.1, 0.15) is 26.2 Å². The van der Waals surface area contributed by atoms with E-state index in [0.717, 1.165) is 11.3 Å². The third kappa shape index (κ3) is 5.07. The van der Waals surface area contributed by atoms with Crippen molar-refractivity contribution in [3.8, 4) is 17.1 Å². The first kappa shape index (κ1) is 17.0. The van der Waals surface area contributed by atoms with Gasteiger partial charge in [0.2, 0.25) is 17.6 Å². The van der Waals surface area contributed by atoms with Gasteiger partial charge in [0.1, 0.15) is 5.75 Å². The molecule has 2 N–H and O–H groups in total. The van der Waals surface area contributed by atoms with E-state index in [4.69, 9.17) is 14.4 Å². The number of hydrogen-bond acceptors (Lipinski definition) is 6. The quantitative estimate of drug-likeness (QED) is 0.766. The molecule has 23 heavy (non-hydrogen) atoms. The van der Waals surface area contributed by atoms with Gasteiger partial charge in [0.25, 0.3) is 0 Å². The number of ether oxygens (including phenoxy) is 1. The molecule has 0 aliphatic rings. The van der Waals surface area contributed by atoms with Crippen LogP contribution in [0.15, 0.2) is 28.8 Å². The van der Waals surface area contributed by atoms with Crippen molar-refractivity contribution in [2.45, 2.75) is 32.7 Å². The molecule has 1 heterocycles. The van der Waals surface area contributed by atoms with Gasteiger partial charge in [0.05, 0.1) is 13.2 Å². The summed E-state index contributed by atoms with van der Waals surface area (Å²) >= 11 is 0. The molecule has 1 aromatic carbocycles. The molecule has 0 radical (unpaired) electrons. The third-order valence-corrected chi connectivity index (χ3v) is 3.14. The lowest BCUT2D eigenvalue weighted by molar-refractivity contribution is -0.122. The zero-order valence-corrected chi connectivity index (χ0v) is 13.3. The highest BCUT2D eigenvalue weighted by Gasteiger charge is 2.12. The van der Waals surface area contributed by atoms with Crippen LogP contribution in [0.3, 0.4) is 0 Å². The summed E-state index contributed by atoms with van der Waals surface area (Å²) in [5.41, 5.74) is 0.821. The molecule has 0 aliphatic heterocycles. The van der Waals surface area contributed by atoms with E-state index < -0.39 is 0 Å². The first-order valence-electron chi connectivity index (χ1n) is 7.58. The van der Waals surface area contributed by atoms with Crippen LogP contribution in [0.25, 0.3) is 11.4 Å². The first-order chi connectivity index (χ1) is 11.1. The number of hydrogen-bond donors (Lipinski definition) is 2. The molecule has 1 aromatic heterocycles. The zero-order valence-electron chi connectivity index (χ0n) is 13.3. The molecule has 0 spiro atoms. The summed E-state index contributed by atoms with van der Waals surface area (Å²) in [5, 5.41) is 15.5. The Hall–Kier alpha value is -2.41. The van der Waals surface area contributed by atoms with Crippen molar-refractivity contribution >= 4 is 5.91 Å². The molecule has 1 unspecified atom stereocenters. The maximum absolute atomic E-state index is 11.6. The highest BCUT2D eigenvalue weighted by Crippen LogP contribution is 2.20. The molecular formula is C16H21N3O4. The summed E-state index contributed by atoms with van der Waals surface area (Å²) in [6.45, 7) is 4.18. The largest absolute Gasteiger partial charge is 0.494 e. The Morgan fingerprint density at radius 1 is 1.39 bits per heavy atom. The SMILES string of the molecule is CCOc1ccc(-c2noc(CCC(=O)NC(C)CO)n2)cc1. The summed E-state index contributed by atoms with van der Waals surface area (Å²) in [7, 11) is 0. The van der Waals surface area contributed by atoms with Gasteiger partial charge in [-0.1, -0.05) is 5.16 Å². The smallest absolute Gasteiger partial charge is 0.227 e. The summed E-state index contributed by atoms with van der Waals surface area (Å²) < 4.78 is 10.5. The first-order valence-corrected chi connectivity index (χ1v) is 7.58. The van der Waals surface area contributed by atoms with E-state index in [1.165, 1.54) is 0 Å². The summed E-state index contributed by atoms with van der Waals surface area (Å²) in [5.74, 6) is 1.51. The van der Waals surface area contributed by atoms with Crippen LogP contribution < -0.4 is 10.1 Å². The van der Waals surface area contributed by atoms with Gasteiger partial charge < -0.3 is 19.7 Å². The van der Waals surface area contributed by atoms with Gasteiger partial charge in [0, 0.05) is 24.4 Å². The third-order valence-electron chi connectivity index (χ3n) is 3.14. The molecule has 1 amide bonds. The molecule has 2 rings (SSSR count). The molecule has 0 saturated heterocycles. The second-order valence-electron chi connectivity index (χ2n) is 5.12. The number of nitrogens with one attached hydrogen (secondary N) is 1. The summed E-state index contributed by atoms with van der Waals surface area (Å²) in [4.78, 5) is 15.9. The van der Waals surface area contributed by atoms with Crippen molar-refractivity contribution in [1.29, 1.82) is 0 Å². The lowest BCUT2D eigenvalue weighted by Gasteiger charge is -2.09. The Morgan fingerprint density at radius 3 is 2.78 bits per heavy atom. The number of aliphatic hydroxyl groups is 1. The predicted octanol–water partition coefficient (Wildman–Crippen LogP) is 1.56. The lowest BCUT2D eigenvalue weighted by atomic mass is 10.2. The van der Waals surface area contributed by atoms with Gasteiger partial charge in [-0.05, 0) is 38.1 Å². The lowest BCUT2D eigenvalue weighted by Crippen LogP contribution is -2.35. The maximum atomic E-state index is 11.6. The van der Waals surface area contributed by atoms with Crippen molar-refractivity contribution in [2.24, 2.45) is 0 Å². The molecule has 0 bridgehead atoms. The molecule has 124 valence electrons. The number of aromatic nitrogens is 2. The number of aliphatic hydroxyl groups excluding tert-OH is 1. The zero-order chi connectivity index (χ0) is 16.7. The number of benzene rings is 1. The summed E-state index contributed by atoms with van der Waals surface area (Å²) in [6, 6.07) is 7.14. The molecule has 7 nitrogen and oxygen atoms in total. The van der Waals surface area contributed by atoms with E-state index in [0.29, 0.717) is 24.7 Å². The molecule has 1 atom stereocenters. The van der Waals surface area contributed by atoms with E-state index in [1.54, 1.807) is 6.92 Å². The Balaban J connectivity index is 1.91. The van der Waals surface area contributed by atoms with Crippen LogP contribution >= 0.6 is 0 Å². The second-order valence-corrected chi connectivity index (χ2v) is 5.12. The van der Waals surface area contributed by atoms with Crippen LogP contribution in [-0.4, -0.2) is 40.4 Å². The minimum Gasteiger partial charge on any atom is -0.494 e. The Labute approximate surface area is 134 Å². The number of rotatable bonds is 8. The standard InChI is InChI=1S/C16H21N3O4/c1-3-22-13-6-4-12(5-7-13)16-18-15(23-19-16)9-8-14(21)17-11(2)10-20/h4-7,11,20H,3,8-10H2,1-2H3,(H,17,21). The van der Waals surface area contributed by atoms with Gasteiger partial charge in [-0.15, -0.1) is 0 Å². The second kappa shape index (κ2) is 8.28. The topological polar surface area (TPSA) is 97.5 Å². The molecular weight excluding hydrogens is 298 g/mol. The van der Waals surface area contributed by atoms with Gasteiger partial charge >= 0.3 is 0 Å². The van der Waals surface area contributed by atoms with Gasteiger partial charge in [-0.25, -0.2) is 0 Å². The average molecular weight is 319 g/mol. The fourth-order valence-corrected chi connectivity index (χ4v) is 1.95. The van der Waals surface area contributed by atoms with Crippen molar-refractivity contribution in [1.82, 2.24) is 15.5 Å². The number of carbonyl (C=O) groups excluding carboxylic acids is 1. The van der Waals surface area contributed by atoms with Crippen LogP contribution in [-0.2, 0) is 11.2 Å². The minimum absolute atomic E-state index is 0.0891. The fourth-order valence-electron chi connectivity index (χ4n) is 1.95. The van der Waals surface area contributed by atoms with E-state index in [9.17, 15) is 4.79 Å². The van der Waals surface area contributed by atoms with E-state index in [-0.39, 0.29) is 25.0 Å². The highest BCUT2D eigenvalue weighted by molar-refractivity contribution is 5.76. The fraction of sp³-hybridized carbons (Fsp3) is 0.438. The Bertz CT molecular complexity index is 625. The number of amides is 1. The van der Waals surface area contributed by atoms with Crippen LogP contribution in [0.2, 0.25) is 0 Å². The van der Waals surface area contributed by atoms with Crippen LogP contribution in [0, 0.1) is 0 Å². The summed E-state index contributed by atoms with van der Waals surface area (Å²) in [6.07, 6.45) is 0.587. The van der Waals surface area contributed by atoms with E-state index in [1.807, 2.05) is 31.2 Å². The number of aryl methyl sites for hydroxylation is 1. The average Bonchev–Trinajstić information content (AvgIpc) is 3.03. The van der Waals surface area contributed by atoms with E-state index >= 15 is 0 Å². The van der Waals surface area contributed by atoms with Crippen LogP contribution in [0.5, 0.6) is 5.75 Å². The molecule has 2 aromatic rings. The highest BCUT2D eigenvalue weighted by atomic mass is 16.5. The Kier molecular flexibility index (Phi) is 6.10. The minimum atomic E-state index is -0.260. The van der Waals surface area contributed by atoms with Gasteiger partial charge in [0.15, 0.2) is 0 Å². The number of carbonyl (C=O) groups is 1. The van der Waals surface area contributed by atoms with E-state index in [2.05, 4.69) is 15.5 Å². The predicted molar refractivity (Wildman–Crippen MR) is 83.9 cm³/mol. The normalized spacial score (nSPS) is 12.0. The van der Waals surface area contributed by atoms with Crippen molar-refractivity contribution < 1.29 is 19.2 Å². The molecule has 0 fully saturated rings. The van der Waals surface area contributed by atoms with Crippen molar-refractivity contribution in [3.05, 3.63) is 30.2 Å². The van der Waals surface area contributed by atoms with Gasteiger partial charge in [-0.3, -0.25) is 4.79 Å². The van der Waals surface area contributed by atoms with Gasteiger partial charge in [-0.2, -0.15) is 4.98 Å². The molecule has 0 saturated carbocycles. The van der Waals surface area contributed by atoms with Crippen molar-refractivity contribution in [3.63, 3.8) is 0 Å². The Morgan fingerprint density at radius 2 is 2.13 bits per heavy atom. The molecule has 0 aliphatic carbocycles. The monoisotopic (exact) mass is 319 g/mol. The van der Waals surface area contributed by atoms with Crippen molar-refractivity contribution in [2.75, 3.05) is 13.2 Å².